The van der Waals surface area contributed by atoms with Gasteiger partial charge >= 0.3 is 5.97 Å². The number of carbonyl (C=O) groups excluding carboxylic acids is 2. The van der Waals surface area contributed by atoms with Crippen LogP contribution in [0, 0.1) is 27.7 Å². The van der Waals surface area contributed by atoms with Crippen LogP contribution in [0.4, 0.5) is 0 Å². The molecule has 0 saturated heterocycles. The van der Waals surface area contributed by atoms with Gasteiger partial charge in [-0.15, -0.1) is 0 Å². The number of Topliss-reactive ketones (excluding diaryl/α,β-unsaturated/α-hetero) is 1. The Labute approximate surface area is 212 Å². The molecular formula is C27H26N6O4. The fraction of sp³-hybridized carbons (Fsp3) is 0.222. The average Bonchev–Trinajstić information content (AvgIpc) is 3.45. The zero-order valence-corrected chi connectivity index (χ0v) is 21.2. The minimum Gasteiger partial charge on any atom is -0.454 e. The van der Waals surface area contributed by atoms with E-state index in [0.29, 0.717) is 28.3 Å². The topological polar surface area (TPSA) is 105 Å². The van der Waals surface area contributed by atoms with Crippen molar-refractivity contribution in [1.82, 2.24) is 28.5 Å². The number of esters is 1. The van der Waals surface area contributed by atoms with Gasteiger partial charge in [-0.2, -0.15) is 5.10 Å². The SMILES string of the molecule is Cc1nn2cccnc2c1C(=O)OCC(=O)c1cc(C)n(-c2c(C)n(C)n(-c3ccccc3)c2=O)c1C. The molecule has 0 atom stereocenters. The Morgan fingerprint density at radius 3 is 2.46 bits per heavy atom. The average molecular weight is 499 g/mol. The molecule has 0 aliphatic rings. The van der Waals surface area contributed by atoms with Crippen LogP contribution in [-0.2, 0) is 11.8 Å². The number of para-hydroxylation sites is 1. The quantitative estimate of drug-likeness (QED) is 0.263. The van der Waals surface area contributed by atoms with E-state index >= 15 is 0 Å². The van der Waals surface area contributed by atoms with Crippen LogP contribution >= 0.6 is 0 Å². The van der Waals surface area contributed by atoms with Crippen molar-refractivity contribution in [3.8, 4) is 11.4 Å². The Kier molecular flexibility index (Phi) is 5.87. The summed E-state index contributed by atoms with van der Waals surface area (Å²) >= 11 is 0. The highest BCUT2D eigenvalue weighted by Gasteiger charge is 2.25. The summed E-state index contributed by atoms with van der Waals surface area (Å²) in [6, 6.07) is 12.8. The van der Waals surface area contributed by atoms with E-state index in [4.69, 9.17) is 4.74 Å². The Morgan fingerprint density at radius 1 is 1.00 bits per heavy atom. The van der Waals surface area contributed by atoms with E-state index in [1.54, 1.807) is 52.3 Å². The summed E-state index contributed by atoms with van der Waals surface area (Å²) < 4.78 is 12.0. The molecule has 10 nitrogen and oxygen atoms in total. The third-order valence-corrected chi connectivity index (χ3v) is 6.59. The van der Waals surface area contributed by atoms with E-state index in [9.17, 15) is 14.4 Å². The summed E-state index contributed by atoms with van der Waals surface area (Å²) in [6.45, 7) is 6.72. The van der Waals surface area contributed by atoms with Crippen LogP contribution in [0.1, 0.15) is 43.5 Å². The summed E-state index contributed by atoms with van der Waals surface area (Å²) in [4.78, 5) is 43.7. The Hall–Kier alpha value is -4.73. The molecule has 5 rings (SSSR count). The number of hydrogen-bond acceptors (Lipinski definition) is 6. The van der Waals surface area contributed by atoms with Crippen molar-refractivity contribution in [1.29, 1.82) is 0 Å². The van der Waals surface area contributed by atoms with Crippen LogP contribution in [0.3, 0.4) is 0 Å². The summed E-state index contributed by atoms with van der Waals surface area (Å²) in [5.41, 5.74) is 4.51. The molecule has 10 heteroatoms. The molecule has 5 aromatic rings. The standard InChI is InChI=1S/C27H26N6O4/c1-16-14-21(22(34)15-37-27(36)23-17(2)29-31-13-9-12-28-25(23)31)18(3)32(16)24-19(4)30(5)33(26(24)35)20-10-7-6-8-11-20/h6-14H,15H2,1-5H3. The molecule has 0 radical (unpaired) electrons. The lowest BCUT2D eigenvalue weighted by atomic mass is 10.1. The van der Waals surface area contributed by atoms with Gasteiger partial charge in [0.05, 0.1) is 17.1 Å². The van der Waals surface area contributed by atoms with Crippen molar-refractivity contribution < 1.29 is 14.3 Å². The van der Waals surface area contributed by atoms with Gasteiger partial charge in [-0.3, -0.25) is 14.3 Å². The number of carbonyl (C=O) groups is 2. The fourth-order valence-electron chi connectivity index (χ4n) is 4.72. The van der Waals surface area contributed by atoms with Gasteiger partial charge < -0.3 is 9.30 Å². The van der Waals surface area contributed by atoms with Crippen molar-refractivity contribution in [2.24, 2.45) is 7.05 Å². The highest BCUT2D eigenvalue weighted by atomic mass is 16.5. The van der Waals surface area contributed by atoms with Crippen LogP contribution in [0.2, 0.25) is 0 Å². The van der Waals surface area contributed by atoms with Gasteiger partial charge in [0.1, 0.15) is 11.3 Å². The van der Waals surface area contributed by atoms with Crippen molar-refractivity contribution >= 4 is 17.4 Å². The maximum atomic E-state index is 13.5. The molecule has 0 fully saturated rings. The molecule has 37 heavy (non-hydrogen) atoms. The Morgan fingerprint density at radius 2 is 1.73 bits per heavy atom. The van der Waals surface area contributed by atoms with Gasteiger partial charge in [0.15, 0.2) is 12.3 Å². The zero-order chi connectivity index (χ0) is 26.4. The number of aromatic nitrogens is 6. The minimum absolute atomic E-state index is 0.200. The van der Waals surface area contributed by atoms with Crippen LogP contribution in [0.15, 0.2) is 59.7 Å². The largest absolute Gasteiger partial charge is 0.454 e. The normalized spacial score (nSPS) is 11.3. The molecular weight excluding hydrogens is 472 g/mol. The summed E-state index contributed by atoms with van der Waals surface area (Å²) in [7, 11) is 1.82. The van der Waals surface area contributed by atoms with Crippen molar-refractivity contribution in [3.63, 3.8) is 0 Å². The predicted molar refractivity (Wildman–Crippen MR) is 137 cm³/mol. The maximum absolute atomic E-state index is 13.5. The van der Waals surface area contributed by atoms with Gasteiger partial charge in [-0.05, 0) is 52.0 Å². The predicted octanol–water partition coefficient (Wildman–Crippen LogP) is 3.28. The first-order valence-corrected chi connectivity index (χ1v) is 11.7. The number of ether oxygens (including phenoxy) is 1. The molecule has 0 aliphatic carbocycles. The summed E-state index contributed by atoms with van der Waals surface area (Å²) in [5.74, 6) is -1.04. The third kappa shape index (κ3) is 3.86. The molecule has 4 aromatic heterocycles. The maximum Gasteiger partial charge on any atom is 0.344 e. The Bertz CT molecular complexity index is 1740. The van der Waals surface area contributed by atoms with Gasteiger partial charge in [0.25, 0.3) is 5.56 Å². The number of nitrogens with zero attached hydrogens (tertiary/aromatic N) is 6. The lowest BCUT2D eigenvalue weighted by molar-refractivity contribution is 0.0475. The zero-order valence-electron chi connectivity index (χ0n) is 21.2. The van der Waals surface area contributed by atoms with E-state index in [1.807, 2.05) is 51.2 Å². The van der Waals surface area contributed by atoms with E-state index in [-0.39, 0.29) is 16.9 Å². The fourth-order valence-corrected chi connectivity index (χ4v) is 4.72. The first kappa shape index (κ1) is 24.0. The molecule has 0 amide bonds. The molecule has 1 aromatic carbocycles. The summed E-state index contributed by atoms with van der Waals surface area (Å²) in [6.07, 6.45) is 3.24. The molecule has 0 spiro atoms. The smallest absolute Gasteiger partial charge is 0.344 e. The van der Waals surface area contributed by atoms with Gasteiger partial charge in [-0.25, -0.2) is 19.0 Å². The van der Waals surface area contributed by atoms with E-state index in [1.165, 1.54) is 4.52 Å². The first-order valence-electron chi connectivity index (χ1n) is 11.7. The first-order chi connectivity index (χ1) is 17.7. The van der Waals surface area contributed by atoms with E-state index in [2.05, 4.69) is 10.1 Å². The molecule has 0 N–H and O–H groups in total. The number of fused-ring (bicyclic) bond motifs is 1. The number of ketones is 1. The second-order valence-electron chi connectivity index (χ2n) is 8.88. The minimum atomic E-state index is -0.669. The van der Waals surface area contributed by atoms with E-state index < -0.39 is 12.6 Å². The van der Waals surface area contributed by atoms with Crippen molar-refractivity contribution in [3.05, 3.63) is 99.1 Å². The lowest BCUT2D eigenvalue weighted by Gasteiger charge is -2.09. The molecule has 4 heterocycles. The Balaban J connectivity index is 1.45. The van der Waals surface area contributed by atoms with Crippen LogP contribution in [-0.4, -0.2) is 46.9 Å². The monoisotopic (exact) mass is 498 g/mol. The van der Waals surface area contributed by atoms with Gasteiger partial charge in [-0.1, -0.05) is 18.2 Å². The highest BCUT2D eigenvalue weighted by Crippen LogP contribution is 2.23. The van der Waals surface area contributed by atoms with Crippen LogP contribution < -0.4 is 5.56 Å². The second kappa shape index (κ2) is 9.05. The third-order valence-electron chi connectivity index (χ3n) is 6.59. The van der Waals surface area contributed by atoms with Crippen molar-refractivity contribution in [2.75, 3.05) is 6.61 Å². The molecule has 188 valence electrons. The van der Waals surface area contributed by atoms with E-state index in [0.717, 1.165) is 17.1 Å². The second-order valence-corrected chi connectivity index (χ2v) is 8.88. The van der Waals surface area contributed by atoms with Crippen LogP contribution in [0.5, 0.6) is 0 Å². The number of rotatable bonds is 6. The number of aryl methyl sites for hydroxylation is 2. The molecule has 0 aliphatic heterocycles. The molecule has 0 bridgehead atoms. The number of benzene rings is 1. The van der Waals surface area contributed by atoms with Gasteiger partial charge in [0, 0.05) is 36.4 Å². The lowest BCUT2D eigenvalue weighted by Crippen LogP contribution is -2.22. The molecule has 0 saturated carbocycles. The summed E-state index contributed by atoms with van der Waals surface area (Å²) in [5, 5.41) is 4.26. The van der Waals surface area contributed by atoms with Gasteiger partial charge in [0.2, 0.25) is 5.78 Å². The number of hydrogen-bond donors (Lipinski definition) is 0. The highest BCUT2D eigenvalue weighted by molar-refractivity contribution is 6.02. The van der Waals surface area contributed by atoms with Crippen molar-refractivity contribution in [2.45, 2.75) is 27.7 Å². The van der Waals surface area contributed by atoms with Crippen LogP contribution in [0.25, 0.3) is 17.0 Å². The molecule has 0 unspecified atom stereocenters.